The predicted octanol–water partition coefficient (Wildman–Crippen LogP) is -0.869. The highest BCUT2D eigenvalue weighted by Crippen LogP contribution is 1.80. The Bertz CT molecular complexity index is 167. The fourth-order valence-electron chi connectivity index (χ4n) is 0.940. The largest absolute Gasteiger partial charge is 0.379 e. The Hall–Kier alpha value is -0.690. The lowest BCUT2D eigenvalue weighted by molar-refractivity contribution is -0.117. The SMILES string of the molecule is CCOCCOCCOCCNCC(N)=O. The van der Waals surface area contributed by atoms with E-state index in [4.69, 9.17) is 19.9 Å². The quantitative estimate of drug-likeness (QED) is 0.429. The van der Waals surface area contributed by atoms with E-state index < -0.39 is 0 Å². The topological polar surface area (TPSA) is 82.8 Å². The Labute approximate surface area is 96.4 Å². The van der Waals surface area contributed by atoms with E-state index in [0.29, 0.717) is 46.2 Å². The van der Waals surface area contributed by atoms with Crippen molar-refractivity contribution < 1.29 is 19.0 Å². The maximum Gasteiger partial charge on any atom is 0.231 e. The van der Waals surface area contributed by atoms with Gasteiger partial charge in [-0.25, -0.2) is 0 Å². The normalized spacial score (nSPS) is 10.6. The number of rotatable bonds is 12. The minimum absolute atomic E-state index is 0.189. The van der Waals surface area contributed by atoms with Crippen LogP contribution in [0.1, 0.15) is 6.92 Å². The van der Waals surface area contributed by atoms with Crippen molar-refractivity contribution in [2.75, 3.05) is 52.7 Å². The van der Waals surface area contributed by atoms with Crippen LogP contribution in [0.4, 0.5) is 0 Å². The standard InChI is InChI=1S/C10H22N2O4/c1-2-14-5-6-16-8-7-15-4-3-12-9-10(11)13/h12H,2-9H2,1H3,(H2,11,13). The first-order valence-electron chi connectivity index (χ1n) is 5.49. The summed E-state index contributed by atoms with van der Waals surface area (Å²) in [5, 5.41) is 2.84. The van der Waals surface area contributed by atoms with Crippen molar-refractivity contribution in [3.05, 3.63) is 0 Å². The van der Waals surface area contributed by atoms with Gasteiger partial charge in [0.25, 0.3) is 0 Å². The van der Waals surface area contributed by atoms with Gasteiger partial charge >= 0.3 is 0 Å². The molecule has 0 heterocycles. The minimum Gasteiger partial charge on any atom is -0.379 e. The summed E-state index contributed by atoms with van der Waals surface area (Å²) in [7, 11) is 0. The van der Waals surface area contributed by atoms with Gasteiger partial charge in [0.05, 0.1) is 39.6 Å². The lowest BCUT2D eigenvalue weighted by atomic mass is 10.6. The zero-order valence-electron chi connectivity index (χ0n) is 9.87. The molecule has 0 aliphatic rings. The van der Waals surface area contributed by atoms with Gasteiger partial charge in [0.15, 0.2) is 0 Å². The molecular formula is C10H22N2O4. The number of carbonyl (C=O) groups excluding carboxylic acids is 1. The number of ether oxygens (including phenoxy) is 3. The number of nitrogens with two attached hydrogens (primary N) is 1. The van der Waals surface area contributed by atoms with E-state index >= 15 is 0 Å². The van der Waals surface area contributed by atoms with E-state index in [2.05, 4.69) is 5.32 Å². The van der Waals surface area contributed by atoms with Crippen LogP contribution >= 0.6 is 0 Å². The fourth-order valence-corrected chi connectivity index (χ4v) is 0.940. The van der Waals surface area contributed by atoms with Gasteiger partial charge in [-0.2, -0.15) is 0 Å². The van der Waals surface area contributed by atoms with Crippen molar-refractivity contribution in [2.45, 2.75) is 6.92 Å². The molecule has 0 saturated heterocycles. The molecular weight excluding hydrogens is 212 g/mol. The van der Waals surface area contributed by atoms with Crippen molar-refractivity contribution in [3.63, 3.8) is 0 Å². The Kier molecular flexibility index (Phi) is 11.8. The summed E-state index contributed by atoms with van der Waals surface area (Å²) in [5.41, 5.74) is 4.94. The molecule has 6 heteroatoms. The van der Waals surface area contributed by atoms with Crippen molar-refractivity contribution in [3.8, 4) is 0 Å². The molecule has 0 fully saturated rings. The minimum atomic E-state index is -0.362. The number of primary amides is 1. The highest BCUT2D eigenvalue weighted by molar-refractivity contribution is 5.75. The molecule has 0 aliphatic heterocycles. The van der Waals surface area contributed by atoms with E-state index in [1.54, 1.807) is 0 Å². The van der Waals surface area contributed by atoms with E-state index in [1.165, 1.54) is 0 Å². The average Bonchev–Trinajstić information content (AvgIpc) is 2.25. The molecule has 0 unspecified atom stereocenters. The van der Waals surface area contributed by atoms with E-state index in [9.17, 15) is 4.79 Å². The summed E-state index contributed by atoms with van der Waals surface area (Å²) in [4.78, 5) is 10.3. The second-order valence-corrected chi connectivity index (χ2v) is 3.06. The van der Waals surface area contributed by atoms with Gasteiger partial charge in [0.1, 0.15) is 0 Å². The monoisotopic (exact) mass is 234 g/mol. The predicted molar refractivity (Wildman–Crippen MR) is 60.2 cm³/mol. The van der Waals surface area contributed by atoms with Crippen LogP contribution in [-0.4, -0.2) is 58.6 Å². The Morgan fingerprint density at radius 3 is 2.19 bits per heavy atom. The molecule has 0 atom stereocenters. The second-order valence-electron chi connectivity index (χ2n) is 3.06. The first kappa shape index (κ1) is 15.3. The van der Waals surface area contributed by atoms with Crippen LogP contribution in [0.5, 0.6) is 0 Å². The molecule has 0 spiro atoms. The number of carbonyl (C=O) groups is 1. The molecule has 0 bridgehead atoms. The first-order valence-corrected chi connectivity index (χ1v) is 5.49. The van der Waals surface area contributed by atoms with Crippen LogP contribution in [0.15, 0.2) is 0 Å². The van der Waals surface area contributed by atoms with Gasteiger partial charge in [-0.3, -0.25) is 4.79 Å². The van der Waals surface area contributed by atoms with Gasteiger partial charge in [0, 0.05) is 13.2 Å². The summed E-state index contributed by atoms with van der Waals surface area (Å²) in [6.07, 6.45) is 0. The zero-order valence-corrected chi connectivity index (χ0v) is 9.87. The van der Waals surface area contributed by atoms with Crippen LogP contribution in [0.25, 0.3) is 0 Å². The number of hydrogen-bond donors (Lipinski definition) is 2. The molecule has 6 nitrogen and oxygen atoms in total. The smallest absolute Gasteiger partial charge is 0.231 e. The van der Waals surface area contributed by atoms with Crippen molar-refractivity contribution in [1.82, 2.24) is 5.32 Å². The first-order chi connectivity index (χ1) is 7.77. The highest BCUT2D eigenvalue weighted by Gasteiger charge is 1.93. The van der Waals surface area contributed by atoms with Crippen LogP contribution in [-0.2, 0) is 19.0 Å². The molecule has 0 rings (SSSR count). The molecule has 0 aromatic heterocycles. The van der Waals surface area contributed by atoms with Crippen molar-refractivity contribution >= 4 is 5.91 Å². The zero-order chi connectivity index (χ0) is 12.1. The second kappa shape index (κ2) is 12.4. The summed E-state index contributed by atoms with van der Waals surface area (Å²) in [6.45, 7) is 6.33. The fraction of sp³-hybridized carbons (Fsp3) is 0.900. The van der Waals surface area contributed by atoms with E-state index in [1.807, 2.05) is 6.92 Å². The maximum absolute atomic E-state index is 10.3. The van der Waals surface area contributed by atoms with Crippen LogP contribution < -0.4 is 11.1 Å². The molecule has 0 aliphatic carbocycles. The lowest BCUT2D eigenvalue weighted by Crippen LogP contribution is -2.31. The Balaban J connectivity index is 2.90. The third kappa shape index (κ3) is 13.3. The average molecular weight is 234 g/mol. The highest BCUT2D eigenvalue weighted by atomic mass is 16.5. The number of amides is 1. The van der Waals surface area contributed by atoms with Crippen LogP contribution in [0, 0.1) is 0 Å². The molecule has 0 saturated carbocycles. The maximum atomic E-state index is 10.3. The molecule has 16 heavy (non-hydrogen) atoms. The summed E-state index contributed by atoms with van der Waals surface area (Å²) < 4.78 is 15.6. The van der Waals surface area contributed by atoms with Crippen molar-refractivity contribution in [2.24, 2.45) is 5.73 Å². The summed E-state index contributed by atoms with van der Waals surface area (Å²) in [5.74, 6) is -0.362. The Morgan fingerprint density at radius 1 is 1.06 bits per heavy atom. The van der Waals surface area contributed by atoms with Gasteiger partial charge in [0.2, 0.25) is 5.91 Å². The van der Waals surface area contributed by atoms with Crippen molar-refractivity contribution in [1.29, 1.82) is 0 Å². The van der Waals surface area contributed by atoms with Gasteiger partial charge in [-0.15, -0.1) is 0 Å². The third-order valence-corrected chi connectivity index (χ3v) is 1.67. The number of hydrogen-bond acceptors (Lipinski definition) is 5. The van der Waals surface area contributed by atoms with E-state index in [0.717, 1.165) is 0 Å². The lowest BCUT2D eigenvalue weighted by Gasteiger charge is -2.06. The van der Waals surface area contributed by atoms with Crippen LogP contribution in [0.2, 0.25) is 0 Å². The summed E-state index contributed by atoms with van der Waals surface area (Å²) >= 11 is 0. The molecule has 0 radical (unpaired) electrons. The molecule has 96 valence electrons. The van der Waals surface area contributed by atoms with Gasteiger partial charge in [-0.1, -0.05) is 0 Å². The number of nitrogens with one attached hydrogen (secondary N) is 1. The van der Waals surface area contributed by atoms with Gasteiger partial charge < -0.3 is 25.3 Å². The third-order valence-electron chi connectivity index (χ3n) is 1.67. The molecule has 0 aromatic carbocycles. The Morgan fingerprint density at radius 2 is 1.62 bits per heavy atom. The molecule has 3 N–H and O–H groups in total. The molecule has 1 amide bonds. The van der Waals surface area contributed by atoms with E-state index in [-0.39, 0.29) is 12.5 Å². The summed E-state index contributed by atoms with van der Waals surface area (Å²) in [6, 6.07) is 0. The van der Waals surface area contributed by atoms with Gasteiger partial charge in [-0.05, 0) is 6.92 Å². The molecule has 0 aromatic rings. The van der Waals surface area contributed by atoms with Crippen LogP contribution in [0.3, 0.4) is 0 Å².